The lowest BCUT2D eigenvalue weighted by molar-refractivity contribution is -0.146. The van der Waals surface area contributed by atoms with Gasteiger partial charge in [0, 0.05) is 32.7 Å². The van der Waals surface area contributed by atoms with Crippen LogP contribution in [0.1, 0.15) is 10.8 Å². The fraction of sp³-hybridized carbons (Fsp3) is 0.368. The molecule has 9 heteroatoms. The minimum atomic E-state index is -3.69. The summed E-state index contributed by atoms with van der Waals surface area (Å²) in [4.78, 5) is 28.3. The van der Waals surface area contributed by atoms with Crippen molar-refractivity contribution in [2.24, 2.45) is 0 Å². The monoisotopic (exact) mass is 421 g/mol. The van der Waals surface area contributed by atoms with E-state index in [1.54, 1.807) is 47.8 Å². The van der Waals surface area contributed by atoms with Gasteiger partial charge in [-0.3, -0.25) is 9.59 Å². The van der Waals surface area contributed by atoms with Crippen LogP contribution in [-0.4, -0.2) is 69.8 Å². The Labute approximate surface area is 168 Å². The molecule has 0 radical (unpaired) electrons. The van der Waals surface area contributed by atoms with Crippen LogP contribution in [0, 0.1) is 0 Å². The van der Waals surface area contributed by atoms with Gasteiger partial charge in [0.25, 0.3) is 0 Å². The van der Waals surface area contributed by atoms with Gasteiger partial charge in [-0.05, 0) is 24.1 Å². The molecule has 0 bridgehead atoms. The molecule has 2 aromatic rings. The largest absolute Gasteiger partial charge is 0.346 e. The highest BCUT2D eigenvalue weighted by Crippen LogP contribution is 2.31. The number of likely N-dealkylation sites (N-methyl/N-ethyl adjacent to an activating group) is 1. The van der Waals surface area contributed by atoms with Crippen LogP contribution in [-0.2, 0) is 19.4 Å². The highest BCUT2D eigenvalue weighted by molar-refractivity contribution is 7.93. The lowest BCUT2D eigenvalue weighted by Gasteiger charge is -2.32. The van der Waals surface area contributed by atoms with Gasteiger partial charge in [0.1, 0.15) is 9.46 Å². The maximum absolute atomic E-state index is 13.1. The molecule has 1 atom stereocenters. The van der Waals surface area contributed by atoms with Crippen LogP contribution in [0.4, 0.5) is 0 Å². The fourth-order valence-corrected chi connectivity index (χ4v) is 5.92. The van der Waals surface area contributed by atoms with Crippen molar-refractivity contribution in [2.75, 3.05) is 39.8 Å². The van der Waals surface area contributed by atoms with Gasteiger partial charge in [0.2, 0.25) is 0 Å². The standard InChI is InChI=1S/C19H23N3O4S2/c1-21-9-11-22(12-10-21)19(24)18(23)20-14-16(15-6-3-2-4-7-15)28(25,26)17-8-5-13-27-17/h2-8,13,16H,9-12,14H2,1H3,(H,20,23)/t16-/m0/s1. The van der Waals surface area contributed by atoms with E-state index in [0.29, 0.717) is 31.7 Å². The first-order chi connectivity index (χ1) is 13.4. The van der Waals surface area contributed by atoms with E-state index in [1.165, 1.54) is 4.90 Å². The molecule has 1 saturated heterocycles. The zero-order chi connectivity index (χ0) is 20.1. The molecule has 28 heavy (non-hydrogen) atoms. The molecule has 3 rings (SSSR count). The molecule has 7 nitrogen and oxygen atoms in total. The third-order valence-electron chi connectivity index (χ3n) is 4.75. The Morgan fingerprint density at radius 3 is 2.36 bits per heavy atom. The number of nitrogens with one attached hydrogen (secondary N) is 1. The van der Waals surface area contributed by atoms with E-state index in [1.807, 2.05) is 7.05 Å². The van der Waals surface area contributed by atoms with Crippen LogP contribution in [0.15, 0.2) is 52.1 Å². The van der Waals surface area contributed by atoms with E-state index >= 15 is 0 Å². The zero-order valence-electron chi connectivity index (χ0n) is 15.6. The predicted molar refractivity (Wildman–Crippen MR) is 108 cm³/mol. The van der Waals surface area contributed by atoms with Crippen LogP contribution in [0.5, 0.6) is 0 Å². The predicted octanol–water partition coefficient (Wildman–Crippen LogP) is 1.15. The third-order valence-corrected chi connectivity index (χ3v) is 8.29. The number of benzene rings is 1. The first kappa shape index (κ1) is 20.5. The summed E-state index contributed by atoms with van der Waals surface area (Å²) in [5.41, 5.74) is 0.572. The first-order valence-electron chi connectivity index (χ1n) is 8.97. The lowest BCUT2D eigenvalue weighted by atomic mass is 10.1. The second kappa shape index (κ2) is 8.85. The second-order valence-corrected chi connectivity index (χ2v) is 9.99. The Hall–Kier alpha value is -2.23. The van der Waals surface area contributed by atoms with E-state index in [4.69, 9.17) is 0 Å². The molecule has 1 aliphatic heterocycles. The Kier molecular flexibility index (Phi) is 6.48. The number of hydrogen-bond acceptors (Lipinski definition) is 6. The summed E-state index contributed by atoms with van der Waals surface area (Å²) in [7, 11) is -1.73. The number of carbonyl (C=O) groups excluding carboxylic acids is 2. The molecule has 1 aromatic carbocycles. The molecule has 1 aliphatic rings. The SMILES string of the molecule is CN1CCN(C(=O)C(=O)NC[C@@H](c2ccccc2)S(=O)(=O)c2cccs2)CC1. The van der Waals surface area contributed by atoms with Crippen molar-refractivity contribution in [2.45, 2.75) is 9.46 Å². The molecule has 0 spiro atoms. The van der Waals surface area contributed by atoms with E-state index in [0.717, 1.165) is 11.3 Å². The number of thiophene rings is 1. The molecule has 150 valence electrons. The Morgan fingerprint density at radius 2 is 1.75 bits per heavy atom. The second-order valence-electron chi connectivity index (χ2n) is 6.68. The van der Waals surface area contributed by atoms with Gasteiger partial charge in [-0.2, -0.15) is 0 Å². The summed E-state index contributed by atoms with van der Waals surface area (Å²) in [5.74, 6) is -1.39. The van der Waals surface area contributed by atoms with Crippen LogP contribution in [0.25, 0.3) is 0 Å². The van der Waals surface area contributed by atoms with Gasteiger partial charge in [-0.1, -0.05) is 36.4 Å². The topological polar surface area (TPSA) is 86.8 Å². The van der Waals surface area contributed by atoms with Crippen LogP contribution < -0.4 is 5.32 Å². The highest BCUT2D eigenvalue weighted by atomic mass is 32.2. The molecule has 2 heterocycles. The van der Waals surface area contributed by atoms with E-state index in [-0.39, 0.29) is 10.8 Å². The fourth-order valence-electron chi connectivity index (χ4n) is 3.05. The average molecular weight is 422 g/mol. The molecular formula is C19H23N3O4S2. The van der Waals surface area contributed by atoms with Gasteiger partial charge in [-0.25, -0.2) is 8.42 Å². The van der Waals surface area contributed by atoms with Crippen molar-refractivity contribution in [3.8, 4) is 0 Å². The minimum Gasteiger partial charge on any atom is -0.346 e. The summed E-state index contributed by atoms with van der Waals surface area (Å²) in [6.07, 6.45) is 0. The molecular weight excluding hydrogens is 398 g/mol. The first-order valence-corrected chi connectivity index (χ1v) is 11.4. The lowest BCUT2D eigenvalue weighted by Crippen LogP contribution is -2.52. The summed E-state index contributed by atoms with van der Waals surface area (Å²) in [6, 6.07) is 12.0. The summed E-state index contributed by atoms with van der Waals surface area (Å²) < 4.78 is 26.4. The van der Waals surface area contributed by atoms with Crippen molar-refractivity contribution in [3.05, 3.63) is 53.4 Å². The Bertz CT molecular complexity index is 906. The molecule has 2 amide bonds. The number of rotatable bonds is 5. The Morgan fingerprint density at radius 1 is 1.07 bits per heavy atom. The van der Waals surface area contributed by atoms with E-state index in [2.05, 4.69) is 10.2 Å². The normalized spacial score (nSPS) is 16.5. The number of sulfone groups is 1. The summed E-state index contributed by atoms with van der Waals surface area (Å²) >= 11 is 1.14. The number of hydrogen-bond donors (Lipinski definition) is 1. The molecule has 1 aromatic heterocycles. The van der Waals surface area contributed by atoms with Gasteiger partial charge in [0.15, 0.2) is 9.84 Å². The molecule has 1 fully saturated rings. The van der Waals surface area contributed by atoms with Crippen molar-refractivity contribution >= 4 is 33.0 Å². The van der Waals surface area contributed by atoms with Gasteiger partial charge >= 0.3 is 11.8 Å². The Balaban J connectivity index is 1.74. The third kappa shape index (κ3) is 4.60. The van der Waals surface area contributed by atoms with Gasteiger partial charge in [0.05, 0.1) is 0 Å². The quantitative estimate of drug-likeness (QED) is 0.732. The van der Waals surface area contributed by atoms with E-state index < -0.39 is 26.9 Å². The highest BCUT2D eigenvalue weighted by Gasteiger charge is 2.32. The average Bonchev–Trinajstić information content (AvgIpc) is 3.24. The van der Waals surface area contributed by atoms with Gasteiger partial charge in [-0.15, -0.1) is 11.3 Å². The van der Waals surface area contributed by atoms with E-state index in [9.17, 15) is 18.0 Å². The van der Waals surface area contributed by atoms with Crippen LogP contribution >= 0.6 is 11.3 Å². The van der Waals surface area contributed by atoms with Gasteiger partial charge < -0.3 is 15.1 Å². The number of nitrogens with zero attached hydrogens (tertiary/aromatic N) is 2. The summed E-state index contributed by atoms with van der Waals surface area (Å²) in [6.45, 7) is 2.22. The van der Waals surface area contributed by atoms with Crippen LogP contribution in [0.2, 0.25) is 0 Å². The maximum atomic E-state index is 13.1. The molecule has 1 N–H and O–H groups in total. The minimum absolute atomic E-state index is 0.164. The maximum Gasteiger partial charge on any atom is 0.311 e. The number of amides is 2. The van der Waals surface area contributed by atoms with Crippen LogP contribution in [0.3, 0.4) is 0 Å². The smallest absolute Gasteiger partial charge is 0.311 e. The zero-order valence-corrected chi connectivity index (χ0v) is 17.2. The number of piperazine rings is 1. The molecule has 0 unspecified atom stereocenters. The number of carbonyl (C=O) groups is 2. The van der Waals surface area contributed by atoms with Crippen molar-refractivity contribution in [3.63, 3.8) is 0 Å². The van der Waals surface area contributed by atoms with Crippen molar-refractivity contribution in [1.82, 2.24) is 15.1 Å². The molecule has 0 saturated carbocycles. The van der Waals surface area contributed by atoms with Crippen molar-refractivity contribution in [1.29, 1.82) is 0 Å². The summed E-state index contributed by atoms with van der Waals surface area (Å²) in [5, 5.41) is 3.28. The van der Waals surface area contributed by atoms with Crippen molar-refractivity contribution < 1.29 is 18.0 Å². The molecule has 0 aliphatic carbocycles.